The Morgan fingerprint density at radius 3 is 2.90 bits per heavy atom. The topological polar surface area (TPSA) is 59.4 Å². The largest absolute Gasteiger partial charge is 0.481 e. The first-order valence-corrected chi connectivity index (χ1v) is 7.12. The van der Waals surface area contributed by atoms with Crippen molar-refractivity contribution in [1.82, 2.24) is 4.98 Å². The number of nitrogens with zero attached hydrogens (tertiary/aromatic N) is 1. The molecule has 0 radical (unpaired) electrons. The number of rotatable bonds is 5. The number of hydrogen-bond donors (Lipinski definition) is 1. The average molecular weight is 310 g/mol. The molecular formula is C14H12ClNO3S. The molecule has 6 heteroatoms. The Labute approximate surface area is 125 Å². The van der Waals surface area contributed by atoms with Gasteiger partial charge >= 0.3 is 5.97 Å². The van der Waals surface area contributed by atoms with Crippen molar-refractivity contribution in [2.24, 2.45) is 0 Å². The molecule has 0 saturated heterocycles. The summed E-state index contributed by atoms with van der Waals surface area (Å²) >= 11 is 7.32. The first kappa shape index (κ1) is 14.7. The lowest BCUT2D eigenvalue weighted by atomic mass is 10.2. The third kappa shape index (κ3) is 3.65. The number of ether oxygens (including phenoxy) is 1. The molecule has 0 spiro atoms. The molecule has 4 nitrogen and oxygen atoms in total. The minimum atomic E-state index is -1.03. The van der Waals surface area contributed by atoms with Crippen molar-refractivity contribution in [2.45, 2.75) is 10.6 Å². The van der Waals surface area contributed by atoms with Crippen molar-refractivity contribution in [3.05, 3.63) is 52.7 Å². The van der Waals surface area contributed by atoms with Gasteiger partial charge in [-0.15, -0.1) is 11.8 Å². The van der Waals surface area contributed by atoms with Crippen LogP contribution in [-0.2, 0) is 5.75 Å². The highest BCUT2D eigenvalue weighted by molar-refractivity contribution is 7.98. The highest BCUT2D eigenvalue weighted by atomic mass is 35.5. The Hall–Kier alpha value is -1.72. The number of hydrogen-bond acceptors (Lipinski definition) is 4. The van der Waals surface area contributed by atoms with Gasteiger partial charge in [0, 0.05) is 16.7 Å². The van der Waals surface area contributed by atoms with E-state index >= 15 is 0 Å². The molecule has 0 bridgehead atoms. The lowest BCUT2D eigenvalue weighted by molar-refractivity contribution is 0.0697. The second kappa shape index (κ2) is 6.63. The Bertz CT molecular complexity index is 634. The molecule has 0 amide bonds. The zero-order valence-electron chi connectivity index (χ0n) is 10.7. The van der Waals surface area contributed by atoms with E-state index in [0.717, 1.165) is 10.6 Å². The molecule has 0 aliphatic heterocycles. The third-order valence-corrected chi connectivity index (χ3v) is 3.90. The van der Waals surface area contributed by atoms with Crippen molar-refractivity contribution in [3.8, 4) is 5.88 Å². The van der Waals surface area contributed by atoms with E-state index < -0.39 is 5.97 Å². The normalized spacial score (nSPS) is 10.3. The minimum Gasteiger partial charge on any atom is -0.481 e. The third-order valence-electron chi connectivity index (χ3n) is 2.55. The van der Waals surface area contributed by atoms with E-state index in [1.165, 1.54) is 11.8 Å². The molecule has 104 valence electrons. The van der Waals surface area contributed by atoms with Crippen LogP contribution < -0.4 is 4.74 Å². The monoisotopic (exact) mass is 309 g/mol. The van der Waals surface area contributed by atoms with Crippen LogP contribution in [0.5, 0.6) is 5.88 Å². The van der Waals surface area contributed by atoms with E-state index in [1.54, 1.807) is 31.4 Å². The van der Waals surface area contributed by atoms with Crippen molar-refractivity contribution >= 4 is 29.3 Å². The molecule has 0 aliphatic rings. The highest BCUT2D eigenvalue weighted by Gasteiger charge is 2.10. The number of thioether (sulfide) groups is 1. The average Bonchev–Trinajstić information content (AvgIpc) is 2.46. The molecule has 0 saturated carbocycles. The van der Waals surface area contributed by atoms with Gasteiger partial charge in [-0.25, -0.2) is 9.78 Å². The van der Waals surface area contributed by atoms with Crippen LogP contribution in [-0.4, -0.2) is 23.2 Å². The zero-order valence-corrected chi connectivity index (χ0v) is 12.2. The maximum atomic E-state index is 11.0. The van der Waals surface area contributed by atoms with Gasteiger partial charge in [0.1, 0.15) is 0 Å². The van der Waals surface area contributed by atoms with Crippen molar-refractivity contribution < 1.29 is 14.6 Å². The summed E-state index contributed by atoms with van der Waals surface area (Å²) in [6, 6.07) is 10.5. The Morgan fingerprint density at radius 1 is 1.40 bits per heavy atom. The molecule has 0 atom stereocenters. The summed E-state index contributed by atoms with van der Waals surface area (Å²) in [5.41, 5.74) is 0.969. The van der Waals surface area contributed by atoms with Gasteiger partial charge in [0.05, 0.1) is 23.4 Å². The van der Waals surface area contributed by atoms with Crippen molar-refractivity contribution in [1.29, 1.82) is 0 Å². The number of aromatic carboxylic acids is 1. The van der Waals surface area contributed by atoms with E-state index in [4.69, 9.17) is 21.4 Å². The molecule has 1 heterocycles. The lowest BCUT2D eigenvalue weighted by Gasteiger charge is -2.05. The summed E-state index contributed by atoms with van der Waals surface area (Å²) in [6.07, 6.45) is 0. The Morgan fingerprint density at radius 2 is 2.20 bits per heavy atom. The second-order valence-corrected chi connectivity index (χ2v) is 5.36. The predicted octanol–water partition coefficient (Wildman–Crippen LogP) is 3.73. The van der Waals surface area contributed by atoms with Crippen LogP contribution in [0.3, 0.4) is 0 Å². The molecule has 0 fully saturated rings. The van der Waals surface area contributed by atoms with Crippen LogP contribution in [0, 0.1) is 0 Å². The molecule has 0 aliphatic carbocycles. The number of methoxy groups -OCH3 is 1. The smallest absolute Gasteiger partial charge is 0.337 e. The SMILES string of the molecule is COc1cccc(CSc2ccc(Cl)c(C(=O)O)c2)n1. The number of pyridine rings is 1. The summed E-state index contributed by atoms with van der Waals surface area (Å²) in [6.45, 7) is 0. The first-order valence-electron chi connectivity index (χ1n) is 5.75. The van der Waals surface area contributed by atoms with Crippen LogP contribution in [0.15, 0.2) is 41.3 Å². The van der Waals surface area contributed by atoms with E-state index in [-0.39, 0.29) is 10.6 Å². The molecular weight excluding hydrogens is 298 g/mol. The summed E-state index contributed by atoms with van der Waals surface area (Å²) in [4.78, 5) is 16.1. The van der Waals surface area contributed by atoms with Crippen molar-refractivity contribution in [3.63, 3.8) is 0 Å². The van der Waals surface area contributed by atoms with Crippen LogP contribution in [0.2, 0.25) is 5.02 Å². The molecule has 1 N–H and O–H groups in total. The standard InChI is InChI=1S/C14H12ClNO3S/c1-19-13-4-2-3-9(16-13)8-20-10-5-6-12(15)11(7-10)14(17)18/h2-7H,8H2,1H3,(H,17,18). The number of benzene rings is 1. The summed E-state index contributed by atoms with van der Waals surface area (Å²) in [5, 5.41) is 9.26. The van der Waals surface area contributed by atoms with E-state index in [0.29, 0.717) is 11.6 Å². The number of carbonyl (C=O) groups is 1. The molecule has 2 rings (SSSR count). The zero-order chi connectivity index (χ0) is 14.5. The maximum Gasteiger partial charge on any atom is 0.337 e. The van der Waals surface area contributed by atoms with E-state index in [9.17, 15) is 4.79 Å². The quantitative estimate of drug-likeness (QED) is 0.853. The molecule has 1 aromatic carbocycles. The molecule has 2 aromatic rings. The van der Waals surface area contributed by atoms with Gasteiger partial charge in [-0.1, -0.05) is 17.7 Å². The van der Waals surface area contributed by atoms with Gasteiger partial charge in [-0.3, -0.25) is 0 Å². The number of carboxylic acid groups (broad SMARTS) is 1. The fraction of sp³-hybridized carbons (Fsp3) is 0.143. The number of aromatic nitrogens is 1. The van der Waals surface area contributed by atoms with Gasteiger partial charge in [-0.2, -0.15) is 0 Å². The second-order valence-electron chi connectivity index (χ2n) is 3.91. The highest BCUT2D eigenvalue weighted by Crippen LogP contribution is 2.27. The molecule has 1 aromatic heterocycles. The van der Waals surface area contributed by atoms with Crippen LogP contribution in [0.25, 0.3) is 0 Å². The summed E-state index contributed by atoms with van der Waals surface area (Å²) in [5.74, 6) is 0.153. The lowest BCUT2D eigenvalue weighted by Crippen LogP contribution is -1.97. The maximum absolute atomic E-state index is 11.0. The fourth-order valence-electron chi connectivity index (χ4n) is 1.57. The summed E-state index contributed by atoms with van der Waals surface area (Å²) < 4.78 is 5.06. The van der Waals surface area contributed by atoms with Crippen molar-refractivity contribution in [2.75, 3.05) is 7.11 Å². The number of carboxylic acids is 1. The van der Waals surface area contributed by atoms with E-state index in [2.05, 4.69) is 4.98 Å². The predicted molar refractivity (Wildman–Crippen MR) is 78.8 cm³/mol. The van der Waals surface area contributed by atoms with Crippen LogP contribution in [0.1, 0.15) is 16.1 Å². The van der Waals surface area contributed by atoms with Gasteiger partial charge in [0.15, 0.2) is 0 Å². The molecule has 20 heavy (non-hydrogen) atoms. The summed E-state index contributed by atoms with van der Waals surface area (Å²) in [7, 11) is 1.57. The van der Waals surface area contributed by atoms with E-state index in [1.807, 2.05) is 12.1 Å². The first-order chi connectivity index (χ1) is 9.60. The van der Waals surface area contributed by atoms with Gasteiger partial charge in [0.2, 0.25) is 5.88 Å². The van der Waals surface area contributed by atoms with Crippen LogP contribution in [0.4, 0.5) is 0 Å². The van der Waals surface area contributed by atoms with Gasteiger partial charge in [-0.05, 0) is 24.3 Å². The van der Waals surface area contributed by atoms with Crippen LogP contribution >= 0.6 is 23.4 Å². The Kier molecular flexibility index (Phi) is 4.87. The number of halogens is 1. The van der Waals surface area contributed by atoms with Gasteiger partial charge in [0.25, 0.3) is 0 Å². The fourth-order valence-corrected chi connectivity index (χ4v) is 2.61. The van der Waals surface area contributed by atoms with Gasteiger partial charge < -0.3 is 9.84 Å². The molecule has 0 unspecified atom stereocenters. The Balaban J connectivity index is 2.10. The minimum absolute atomic E-state index is 0.107.